The maximum atomic E-state index is 3.94. The highest BCUT2D eigenvalue weighted by Crippen LogP contribution is 2.01. The smallest absolute Gasteiger partial charge is 0.0263 e. The topological polar surface area (TPSA) is 12.4 Å². The van der Waals surface area contributed by atoms with Crippen molar-refractivity contribution in [2.45, 2.75) is 27.2 Å². The quantitative estimate of drug-likeness (QED) is 0.432. The lowest BCUT2D eigenvalue weighted by Crippen LogP contribution is -1.82. The maximum Gasteiger partial charge on any atom is 0.0263 e. The fraction of sp³-hybridized carbons (Fsp3) is 0.500. The molecule has 0 saturated carbocycles. The zero-order chi connectivity index (χ0) is 8.53. The Morgan fingerprint density at radius 2 is 2.09 bits per heavy atom. The number of hydrogen-bond acceptors (Lipinski definition) is 1. The average molecular weight is 151 g/mol. The molecule has 0 N–H and O–H groups in total. The van der Waals surface area contributed by atoms with E-state index in [1.165, 1.54) is 6.42 Å². The van der Waals surface area contributed by atoms with Crippen molar-refractivity contribution in [2.75, 3.05) is 0 Å². The lowest BCUT2D eigenvalue weighted by atomic mass is 10.1. The second kappa shape index (κ2) is 7.26. The van der Waals surface area contributed by atoms with Crippen molar-refractivity contribution in [2.24, 2.45) is 10.9 Å². The summed E-state index contributed by atoms with van der Waals surface area (Å²) in [7, 11) is 0. The van der Waals surface area contributed by atoms with E-state index in [1.54, 1.807) is 12.4 Å². The monoisotopic (exact) mass is 151 g/mol. The molecule has 0 aliphatic rings. The predicted molar refractivity (Wildman–Crippen MR) is 51.9 cm³/mol. The Morgan fingerprint density at radius 1 is 1.36 bits per heavy atom. The molecular weight excluding hydrogens is 134 g/mol. The molecule has 0 aromatic rings. The summed E-state index contributed by atoms with van der Waals surface area (Å²) >= 11 is 0. The van der Waals surface area contributed by atoms with E-state index in [2.05, 4.69) is 24.9 Å². The van der Waals surface area contributed by atoms with Gasteiger partial charge in [0.15, 0.2) is 0 Å². The summed E-state index contributed by atoms with van der Waals surface area (Å²) < 4.78 is 0. The molecule has 0 amide bonds. The van der Waals surface area contributed by atoms with Crippen molar-refractivity contribution in [3.63, 3.8) is 0 Å². The van der Waals surface area contributed by atoms with E-state index in [1.807, 2.05) is 19.1 Å². The fourth-order valence-corrected chi connectivity index (χ4v) is 0.575. The van der Waals surface area contributed by atoms with Gasteiger partial charge in [-0.25, -0.2) is 0 Å². The Kier molecular flexibility index (Phi) is 6.70. The summed E-state index contributed by atoms with van der Waals surface area (Å²) in [5.41, 5.74) is 0. The van der Waals surface area contributed by atoms with Crippen LogP contribution in [0.5, 0.6) is 0 Å². The third kappa shape index (κ3) is 7.04. The van der Waals surface area contributed by atoms with E-state index >= 15 is 0 Å². The van der Waals surface area contributed by atoms with Gasteiger partial charge in [0, 0.05) is 12.4 Å². The van der Waals surface area contributed by atoms with Crippen molar-refractivity contribution in [3.05, 3.63) is 24.4 Å². The van der Waals surface area contributed by atoms with Crippen LogP contribution in [0.15, 0.2) is 29.4 Å². The van der Waals surface area contributed by atoms with Crippen LogP contribution in [0.1, 0.15) is 27.2 Å². The van der Waals surface area contributed by atoms with Crippen LogP contribution in [0.2, 0.25) is 0 Å². The van der Waals surface area contributed by atoms with Crippen LogP contribution in [-0.4, -0.2) is 6.21 Å². The molecule has 0 aliphatic carbocycles. The third-order valence-electron chi connectivity index (χ3n) is 1.52. The van der Waals surface area contributed by atoms with Crippen molar-refractivity contribution in [1.29, 1.82) is 0 Å². The molecule has 0 fully saturated rings. The average Bonchev–Trinajstić information content (AvgIpc) is 2.04. The lowest BCUT2D eigenvalue weighted by Gasteiger charge is -1.96. The van der Waals surface area contributed by atoms with E-state index in [-0.39, 0.29) is 0 Å². The van der Waals surface area contributed by atoms with Crippen LogP contribution < -0.4 is 0 Å². The number of aliphatic imine (C=N–C) groups is 1. The van der Waals surface area contributed by atoms with Crippen molar-refractivity contribution in [3.8, 4) is 0 Å². The van der Waals surface area contributed by atoms with Gasteiger partial charge in [0.1, 0.15) is 0 Å². The highest BCUT2D eigenvalue weighted by atomic mass is 14.6. The van der Waals surface area contributed by atoms with Crippen LogP contribution in [0.4, 0.5) is 0 Å². The van der Waals surface area contributed by atoms with E-state index in [9.17, 15) is 0 Å². The second-order valence-electron chi connectivity index (χ2n) is 2.52. The van der Waals surface area contributed by atoms with Gasteiger partial charge in [-0.05, 0) is 18.9 Å². The van der Waals surface area contributed by atoms with Crippen LogP contribution >= 0.6 is 0 Å². The van der Waals surface area contributed by atoms with Gasteiger partial charge < -0.3 is 0 Å². The van der Waals surface area contributed by atoms with E-state index < -0.39 is 0 Å². The molecule has 0 aromatic carbocycles. The molecule has 0 aliphatic heterocycles. The summed E-state index contributed by atoms with van der Waals surface area (Å²) in [6.45, 7) is 6.29. The molecule has 1 unspecified atom stereocenters. The van der Waals surface area contributed by atoms with Crippen molar-refractivity contribution >= 4 is 6.21 Å². The van der Waals surface area contributed by atoms with Gasteiger partial charge in [0.25, 0.3) is 0 Å². The molecule has 0 bridgehead atoms. The van der Waals surface area contributed by atoms with Gasteiger partial charge in [0.2, 0.25) is 0 Å². The first-order valence-electron chi connectivity index (χ1n) is 4.12. The van der Waals surface area contributed by atoms with Gasteiger partial charge in [0.05, 0.1) is 0 Å². The number of allylic oxidation sites excluding steroid dienone is 3. The Bertz CT molecular complexity index is 154. The van der Waals surface area contributed by atoms with E-state index in [4.69, 9.17) is 0 Å². The Morgan fingerprint density at radius 3 is 2.64 bits per heavy atom. The number of hydrogen-bond donors (Lipinski definition) is 0. The summed E-state index contributed by atoms with van der Waals surface area (Å²) in [6.07, 6.45) is 10.9. The Balaban J connectivity index is 3.58. The molecule has 1 nitrogen and oxygen atoms in total. The van der Waals surface area contributed by atoms with Gasteiger partial charge in [-0.2, -0.15) is 0 Å². The summed E-state index contributed by atoms with van der Waals surface area (Å²) in [5.74, 6) is 0.672. The Hall–Kier alpha value is -0.850. The SMILES string of the molecule is CC=N/C=C\C=C/C(C)CC. The minimum absolute atomic E-state index is 0.672. The summed E-state index contributed by atoms with van der Waals surface area (Å²) in [4.78, 5) is 3.94. The van der Waals surface area contributed by atoms with Gasteiger partial charge >= 0.3 is 0 Å². The van der Waals surface area contributed by atoms with Crippen LogP contribution in [-0.2, 0) is 0 Å². The second-order valence-corrected chi connectivity index (χ2v) is 2.52. The molecule has 0 rings (SSSR count). The van der Waals surface area contributed by atoms with E-state index in [0.29, 0.717) is 5.92 Å². The molecule has 0 saturated heterocycles. The largest absolute Gasteiger partial charge is 0.269 e. The molecule has 1 atom stereocenters. The molecule has 0 spiro atoms. The Labute approximate surface area is 69.5 Å². The minimum atomic E-state index is 0.672. The van der Waals surface area contributed by atoms with Crippen LogP contribution in [0.25, 0.3) is 0 Å². The molecule has 0 radical (unpaired) electrons. The lowest BCUT2D eigenvalue weighted by molar-refractivity contribution is 0.698. The van der Waals surface area contributed by atoms with Crippen LogP contribution in [0.3, 0.4) is 0 Å². The first kappa shape index (κ1) is 10.2. The predicted octanol–water partition coefficient (Wildman–Crippen LogP) is 3.19. The maximum absolute atomic E-state index is 3.94. The van der Waals surface area contributed by atoms with Crippen molar-refractivity contribution < 1.29 is 0 Å². The van der Waals surface area contributed by atoms with E-state index in [0.717, 1.165) is 0 Å². The first-order chi connectivity index (χ1) is 5.31. The normalized spacial score (nSPS) is 15.5. The molecule has 1 heteroatoms. The van der Waals surface area contributed by atoms with Gasteiger partial charge in [-0.1, -0.05) is 32.4 Å². The highest BCUT2D eigenvalue weighted by Gasteiger charge is 1.86. The molecule has 62 valence electrons. The highest BCUT2D eigenvalue weighted by molar-refractivity contribution is 5.54. The van der Waals surface area contributed by atoms with Crippen LogP contribution in [0, 0.1) is 5.92 Å². The summed E-state index contributed by atoms with van der Waals surface area (Å²) in [6, 6.07) is 0. The zero-order valence-electron chi connectivity index (χ0n) is 7.62. The number of rotatable bonds is 4. The zero-order valence-corrected chi connectivity index (χ0v) is 7.62. The molecule has 11 heavy (non-hydrogen) atoms. The minimum Gasteiger partial charge on any atom is -0.269 e. The molecule has 0 heterocycles. The standard InChI is InChI=1S/C10H17N/c1-4-10(3)8-6-7-9-11-5-2/h5-10H,4H2,1-3H3/b8-6-,9-7-,11-5?. The third-order valence-corrected chi connectivity index (χ3v) is 1.52. The van der Waals surface area contributed by atoms with Gasteiger partial charge in [-0.3, -0.25) is 4.99 Å². The fourth-order valence-electron chi connectivity index (χ4n) is 0.575. The summed E-state index contributed by atoms with van der Waals surface area (Å²) in [5, 5.41) is 0. The number of nitrogens with zero attached hydrogens (tertiary/aromatic N) is 1. The van der Waals surface area contributed by atoms with Crippen molar-refractivity contribution in [1.82, 2.24) is 0 Å². The molecule has 0 aromatic heterocycles. The molecular formula is C10H17N. The van der Waals surface area contributed by atoms with Gasteiger partial charge in [-0.15, -0.1) is 0 Å². The first-order valence-corrected chi connectivity index (χ1v) is 4.12.